The first-order chi connectivity index (χ1) is 9.25. The van der Waals surface area contributed by atoms with Gasteiger partial charge in [-0.25, -0.2) is 0 Å². The Morgan fingerprint density at radius 3 is 2.80 bits per heavy atom. The highest BCUT2D eigenvalue weighted by atomic mass is 16.7. The number of rotatable bonds is 2. The van der Waals surface area contributed by atoms with E-state index in [1.807, 2.05) is 27.7 Å². The van der Waals surface area contributed by atoms with Gasteiger partial charge in [-0.15, -0.1) is 0 Å². The van der Waals surface area contributed by atoms with E-state index in [4.69, 9.17) is 9.47 Å². The van der Waals surface area contributed by atoms with E-state index in [1.54, 1.807) is 0 Å². The zero-order valence-electron chi connectivity index (χ0n) is 12.5. The average Bonchev–Trinajstić information content (AvgIpc) is 3.05. The molecule has 3 rings (SSSR count). The first-order valence-corrected chi connectivity index (χ1v) is 7.20. The summed E-state index contributed by atoms with van der Waals surface area (Å²) in [6.45, 7) is 7.90. The van der Waals surface area contributed by atoms with Crippen LogP contribution in [0.4, 0.5) is 0 Å². The van der Waals surface area contributed by atoms with Crippen molar-refractivity contribution < 1.29 is 19.4 Å². The summed E-state index contributed by atoms with van der Waals surface area (Å²) in [5.41, 5.74) is 0.717. The standard InChI is InChI=1S/C16H22O4/c1-9(2)5-6-16-13-10(7-11(17)14(16)20-16)12(18)8-15(3,4)19-13/h5,11,14,17H,6-8H2,1-4H3/t11-,14-,16+/m0/s1. The molecule has 2 aliphatic heterocycles. The minimum atomic E-state index is -0.613. The number of carbonyl (C=O) groups is 1. The van der Waals surface area contributed by atoms with Crippen molar-refractivity contribution in [3.05, 3.63) is 23.0 Å². The van der Waals surface area contributed by atoms with Gasteiger partial charge in [0.05, 0.1) is 12.5 Å². The molecule has 0 radical (unpaired) electrons. The zero-order chi connectivity index (χ0) is 14.7. The quantitative estimate of drug-likeness (QED) is 0.622. The molecule has 1 fully saturated rings. The Balaban J connectivity index is 2.01. The van der Waals surface area contributed by atoms with Gasteiger partial charge < -0.3 is 14.6 Å². The van der Waals surface area contributed by atoms with Gasteiger partial charge in [0.1, 0.15) is 17.5 Å². The lowest BCUT2D eigenvalue weighted by Gasteiger charge is -2.38. The fraction of sp³-hybridized carbons (Fsp3) is 0.688. The van der Waals surface area contributed by atoms with Gasteiger partial charge in [-0.05, 0) is 27.7 Å². The maximum absolute atomic E-state index is 12.3. The van der Waals surface area contributed by atoms with E-state index in [1.165, 1.54) is 5.57 Å². The van der Waals surface area contributed by atoms with Gasteiger partial charge in [0, 0.05) is 18.4 Å². The van der Waals surface area contributed by atoms with Crippen molar-refractivity contribution in [3.8, 4) is 0 Å². The molecular weight excluding hydrogens is 256 g/mol. The predicted octanol–water partition coefficient (Wildman–Crippen LogP) is 2.27. The lowest BCUT2D eigenvalue weighted by Crippen LogP contribution is -2.43. The van der Waals surface area contributed by atoms with Crippen LogP contribution in [-0.2, 0) is 14.3 Å². The van der Waals surface area contributed by atoms with Crippen LogP contribution in [0.3, 0.4) is 0 Å². The number of aliphatic hydroxyl groups is 1. The van der Waals surface area contributed by atoms with Gasteiger partial charge in [0.15, 0.2) is 11.4 Å². The van der Waals surface area contributed by atoms with Gasteiger partial charge in [-0.2, -0.15) is 0 Å². The molecule has 4 nitrogen and oxygen atoms in total. The van der Waals surface area contributed by atoms with Crippen molar-refractivity contribution in [2.45, 2.75) is 70.4 Å². The molecule has 0 spiro atoms. The summed E-state index contributed by atoms with van der Waals surface area (Å²) in [5, 5.41) is 10.1. The number of carbonyl (C=O) groups excluding carboxylic acids is 1. The molecule has 3 atom stereocenters. The minimum absolute atomic E-state index is 0.0841. The number of epoxide rings is 1. The van der Waals surface area contributed by atoms with Crippen LogP contribution < -0.4 is 0 Å². The summed E-state index contributed by atoms with van der Waals surface area (Å²) in [6, 6.07) is 0. The summed E-state index contributed by atoms with van der Waals surface area (Å²) in [7, 11) is 0. The second-order valence-corrected chi connectivity index (χ2v) is 6.95. The fourth-order valence-corrected chi connectivity index (χ4v) is 3.24. The largest absolute Gasteiger partial charge is 0.488 e. The molecule has 1 aliphatic carbocycles. The monoisotopic (exact) mass is 278 g/mol. The van der Waals surface area contributed by atoms with Crippen molar-refractivity contribution >= 4 is 5.78 Å². The number of aliphatic hydroxyl groups excluding tert-OH is 1. The third-order valence-electron chi connectivity index (χ3n) is 4.28. The Morgan fingerprint density at radius 1 is 1.45 bits per heavy atom. The van der Waals surface area contributed by atoms with Crippen LogP contribution in [0, 0.1) is 0 Å². The highest BCUT2D eigenvalue weighted by Crippen LogP contribution is 2.56. The summed E-state index contributed by atoms with van der Waals surface area (Å²) in [4.78, 5) is 12.3. The molecule has 3 aliphatic rings. The van der Waals surface area contributed by atoms with Crippen LogP contribution >= 0.6 is 0 Å². The number of hydrogen-bond acceptors (Lipinski definition) is 4. The molecule has 0 aromatic heterocycles. The molecule has 4 heteroatoms. The Kier molecular flexibility index (Phi) is 2.89. The van der Waals surface area contributed by atoms with E-state index >= 15 is 0 Å². The van der Waals surface area contributed by atoms with E-state index in [-0.39, 0.29) is 11.9 Å². The Bertz CT molecular complexity index is 525. The van der Waals surface area contributed by atoms with Gasteiger partial charge >= 0.3 is 0 Å². The zero-order valence-corrected chi connectivity index (χ0v) is 12.5. The number of hydrogen-bond donors (Lipinski definition) is 1. The van der Waals surface area contributed by atoms with Crippen LogP contribution in [0.2, 0.25) is 0 Å². The van der Waals surface area contributed by atoms with E-state index in [2.05, 4.69) is 6.08 Å². The van der Waals surface area contributed by atoms with Crippen molar-refractivity contribution in [1.82, 2.24) is 0 Å². The number of ether oxygens (including phenoxy) is 2. The maximum Gasteiger partial charge on any atom is 0.166 e. The number of ketones is 1. The van der Waals surface area contributed by atoms with Crippen LogP contribution in [0.5, 0.6) is 0 Å². The predicted molar refractivity (Wildman–Crippen MR) is 74.1 cm³/mol. The molecule has 0 bridgehead atoms. The molecule has 0 unspecified atom stereocenters. The van der Waals surface area contributed by atoms with Gasteiger partial charge in [-0.3, -0.25) is 4.79 Å². The molecule has 0 saturated carbocycles. The second-order valence-electron chi connectivity index (χ2n) is 6.95. The van der Waals surface area contributed by atoms with Crippen molar-refractivity contribution in [2.24, 2.45) is 0 Å². The molecule has 1 saturated heterocycles. The van der Waals surface area contributed by atoms with E-state index in [0.29, 0.717) is 30.6 Å². The maximum atomic E-state index is 12.3. The van der Waals surface area contributed by atoms with Crippen LogP contribution in [0.15, 0.2) is 23.0 Å². The molecule has 0 amide bonds. The van der Waals surface area contributed by atoms with Crippen LogP contribution in [-0.4, -0.2) is 34.3 Å². The van der Waals surface area contributed by atoms with Crippen LogP contribution in [0.1, 0.15) is 47.0 Å². The summed E-state index contributed by atoms with van der Waals surface area (Å²) >= 11 is 0. The van der Waals surface area contributed by atoms with Gasteiger partial charge in [0.25, 0.3) is 0 Å². The Hall–Kier alpha value is -1.13. The Morgan fingerprint density at radius 2 is 2.15 bits per heavy atom. The molecule has 1 N–H and O–H groups in total. The smallest absolute Gasteiger partial charge is 0.166 e. The van der Waals surface area contributed by atoms with E-state index in [0.717, 1.165) is 0 Å². The first-order valence-electron chi connectivity index (χ1n) is 7.20. The minimum Gasteiger partial charge on any atom is -0.488 e. The van der Waals surface area contributed by atoms with E-state index < -0.39 is 17.3 Å². The molecule has 0 aromatic carbocycles. The van der Waals surface area contributed by atoms with Crippen LogP contribution in [0.25, 0.3) is 0 Å². The van der Waals surface area contributed by atoms with Crippen molar-refractivity contribution in [3.63, 3.8) is 0 Å². The van der Waals surface area contributed by atoms with Gasteiger partial charge in [-0.1, -0.05) is 11.6 Å². The second kappa shape index (κ2) is 4.18. The lowest BCUT2D eigenvalue weighted by atomic mass is 9.78. The Labute approximate surface area is 119 Å². The topological polar surface area (TPSA) is 59.1 Å². The highest BCUT2D eigenvalue weighted by Gasteiger charge is 2.67. The van der Waals surface area contributed by atoms with Gasteiger partial charge in [0.2, 0.25) is 0 Å². The normalized spacial score (nSPS) is 37.8. The fourth-order valence-electron chi connectivity index (χ4n) is 3.24. The highest BCUT2D eigenvalue weighted by molar-refractivity contribution is 5.98. The SMILES string of the molecule is CC(C)=CC[C@]12O[C@H]1[C@@H](O)CC1=C2OC(C)(C)CC1=O. The summed E-state index contributed by atoms with van der Waals surface area (Å²) in [6.07, 6.45) is 2.61. The average molecular weight is 278 g/mol. The number of fused-ring (bicyclic) bond motifs is 2. The summed E-state index contributed by atoms with van der Waals surface area (Å²) < 4.78 is 11.9. The molecule has 110 valence electrons. The molecular formula is C16H22O4. The first kappa shape index (κ1) is 13.8. The lowest BCUT2D eigenvalue weighted by molar-refractivity contribution is -0.125. The third kappa shape index (κ3) is 2.02. The summed E-state index contributed by atoms with van der Waals surface area (Å²) in [5.74, 6) is 0.757. The van der Waals surface area contributed by atoms with Crippen molar-refractivity contribution in [1.29, 1.82) is 0 Å². The molecule has 0 aromatic rings. The van der Waals surface area contributed by atoms with Crippen molar-refractivity contribution in [2.75, 3.05) is 0 Å². The third-order valence-corrected chi connectivity index (χ3v) is 4.28. The van der Waals surface area contributed by atoms with E-state index in [9.17, 15) is 9.90 Å². The molecule has 20 heavy (non-hydrogen) atoms. The number of Topliss-reactive ketones (excluding diaryl/α,β-unsaturated/α-hetero) is 1. The number of allylic oxidation sites excluding steroid dienone is 1. The molecule has 2 heterocycles.